The van der Waals surface area contributed by atoms with E-state index in [2.05, 4.69) is 12.1 Å². The molecule has 2 N–H and O–H groups in total. The Hall–Kier alpha value is -2.04. The summed E-state index contributed by atoms with van der Waals surface area (Å²) in [6.07, 6.45) is 0. The smallest absolute Gasteiger partial charge is 0.253 e. The van der Waals surface area contributed by atoms with Gasteiger partial charge >= 0.3 is 0 Å². The van der Waals surface area contributed by atoms with Crippen molar-refractivity contribution in [1.82, 2.24) is 4.90 Å². The van der Waals surface area contributed by atoms with Crippen LogP contribution in [0, 0.1) is 0 Å². The molecule has 1 fully saturated rings. The summed E-state index contributed by atoms with van der Waals surface area (Å²) in [4.78, 5) is 14.4. The van der Waals surface area contributed by atoms with Crippen LogP contribution in [-0.2, 0) is 0 Å². The van der Waals surface area contributed by atoms with Gasteiger partial charge in [0.15, 0.2) is 0 Å². The fourth-order valence-corrected chi connectivity index (χ4v) is 2.96. The lowest BCUT2D eigenvalue weighted by atomic mass is 9.95. The molecular formula is C18H21ClN2O2. The summed E-state index contributed by atoms with van der Waals surface area (Å²) in [6.45, 7) is 1.25. The average molecular weight is 333 g/mol. The third-order valence-electron chi connectivity index (χ3n) is 4.22. The number of nitrogens with zero attached hydrogens (tertiary/aromatic N) is 1. The predicted molar refractivity (Wildman–Crippen MR) is 93.3 cm³/mol. The second-order valence-electron chi connectivity index (χ2n) is 5.62. The van der Waals surface area contributed by atoms with Crippen LogP contribution in [-0.4, -0.2) is 37.0 Å². The van der Waals surface area contributed by atoms with Crippen LogP contribution in [0.3, 0.4) is 0 Å². The van der Waals surface area contributed by atoms with E-state index in [4.69, 9.17) is 10.5 Å². The quantitative estimate of drug-likeness (QED) is 0.940. The van der Waals surface area contributed by atoms with E-state index >= 15 is 0 Å². The Balaban J connectivity index is 0.00000192. The second-order valence-corrected chi connectivity index (χ2v) is 5.62. The SMILES string of the molecule is COc1ccc(C(=O)N2C[C@@H](N)[C@H](c3ccccc3)C2)cc1.Cl. The lowest BCUT2D eigenvalue weighted by Crippen LogP contribution is -2.32. The lowest BCUT2D eigenvalue weighted by molar-refractivity contribution is 0.0789. The molecule has 0 aliphatic carbocycles. The zero-order valence-electron chi connectivity index (χ0n) is 13.0. The van der Waals surface area contributed by atoms with E-state index in [0.29, 0.717) is 18.7 Å². The van der Waals surface area contributed by atoms with Gasteiger partial charge in [0, 0.05) is 30.6 Å². The van der Waals surface area contributed by atoms with Crippen molar-refractivity contribution in [3.63, 3.8) is 0 Å². The van der Waals surface area contributed by atoms with E-state index in [9.17, 15) is 4.79 Å². The van der Waals surface area contributed by atoms with Crippen LogP contribution in [0.4, 0.5) is 0 Å². The van der Waals surface area contributed by atoms with Gasteiger partial charge in [0.25, 0.3) is 5.91 Å². The van der Waals surface area contributed by atoms with E-state index < -0.39 is 0 Å². The van der Waals surface area contributed by atoms with Crippen molar-refractivity contribution in [2.75, 3.05) is 20.2 Å². The van der Waals surface area contributed by atoms with Gasteiger partial charge in [0.1, 0.15) is 5.75 Å². The van der Waals surface area contributed by atoms with Gasteiger partial charge in [-0.2, -0.15) is 0 Å². The number of hydrogen-bond acceptors (Lipinski definition) is 3. The van der Waals surface area contributed by atoms with Gasteiger partial charge in [0.05, 0.1) is 7.11 Å². The second kappa shape index (κ2) is 7.49. The maximum Gasteiger partial charge on any atom is 0.253 e. The summed E-state index contributed by atoms with van der Waals surface area (Å²) in [5, 5.41) is 0. The van der Waals surface area contributed by atoms with Crippen molar-refractivity contribution in [3.8, 4) is 5.75 Å². The molecule has 0 bridgehead atoms. The summed E-state index contributed by atoms with van der Waals surface area (Å²) >= 11 is 0. The van der Waals surface area contributed by atoms with Crippen LogP contribution < -0.4 is 10.5 Å². The van der Waals surface area contributed by atoms with E-state index in [1.807, 2.05) is 23.1 Å². The summed E-state index contributed by atoms with van der Waals surface area (Å²) in [5.41, 5.74) is 8.11. The molecule has 0 spiro atoms. The van der Waals surface area contributed by atoms with Crippen molar-refractivity contribution in [2.45, 2.75) is 12.0 Å². The van der Waals surface area contributed by atoms with Crippen molar-refractivity contribution in [2.24, 2.45) is 5.73 Å². The standard InChI is InChI=1S/C18H20N2O2.ClH/c1-22-15-9-7-14(8-10-15)18(21)20-11-16(17(19)12-20)13-5-3-2-4-6-13;/h2-10,16-17H,11-12,19H2,1H3;1H/t16-,17+;/m0./s1. The minimum atomic E-state index is -0.0235. The first-order chi connectivity index (χ1) is 10.7. The van der Waals surface area contributed by atoms with E-state index in [1.165, 1.54) is 5.56 Å². The van der Waals surface area contributed by atoms with E-state index in [-0.39, 0.29) is 30.3 Å². The minimum absolute atomic E-state index is 0. The summed E-state index contributed by atoms with van der Waals surface area (Å²) in [6, 6.07) is 17.3. The molecule has 23 heavy (non-hydrogen) atoms. The number of hydrogen-bond donors (Lipinski definition) is 1. The number of carbonyl (C=O) groups excluding carboxylic acids is 1. The van der Waals surface area contributed by atoms with E-state index in [0.717, 1.165) is 5.75 Å². The largest absolute Gasteiger partial charge is 0.497 e. The number of carbonyl (C=O) groups is 1. The molecule has 1 aliphatic rings. The van der Waals surface area contributed by atoms with Crippen molar-refractivity contribution < 1.29 is 9.53 Å². The molecule has 122 valence electrons. The fourth-order valence-electron chi connectivity index (χ4n) is 2.96. The van der Waals surface area contributed by atoms with Crippen LogP contribution in [0.25, 0.3) is 0 Å². The molecule has 5 heteroatoms. The van der Waals surface area contributed by atoms with Gasteiger partial charge in [-0.3, -0.25) is 4.79 Å². The Kier molecular flexibility index (Phi) is 5.64. The number of halogens is 1. The van der Waals surface area contributed by atoms with Crippen LogP contribution in [0.5, 0.6) is 5.75 Å². The van der Waals surface area contributed by atoms with Crippen LogP contribution in [0.15, 0.2) is 54.6 Å². The number of amides is 1. The lowest BCUT2D eigenvalue weighted by Gasteiger charge is -2.16. The molecule has 3 rings (SSSR count). The molecular weight excluding hydrogens is 312 g/mol. The van der Waals surface area contributed by atoms with Crippen molar-refractivity contribution >= 4 is 18.3 Å². The fraction of sp³-hybridized carbons (Fsp3) is 0.278. The molecule has 1 aliphatic heterocycles. The van der Waals surface area contributed by atoms with Crippen molar-refractivity contribution in [1.29, 1.82) is 0 Å². The van der Waals surface area contributed by atoms with Gasteiger partial charge in [0.2, 0.25) is 0 Å². The molecule has 0 radical (unpaired) electrons. The molecule has 0 aromatic heterocycles. The number of likely N-dealkylation sites (tertiary alicyclic amines) is 1. The first-order valence-electron chi connectivity index (χ1n) is 7.43. The third kappa shape index (κ3) is 3.66. The number of ether oxygens (including phenoxy) is 1. The number of methoxy groups -OCH3 is 1. The normalized spacial score (nSPS) is 20.0. The third-order valence-corrected chi connectivity index (χ3v) is 4.22. The zero-order valence-corrected chi connectivity index (χ0v) is 13.8. The first-order valence-corrected chi connectivity index (χ1v) is 7.43. The zero-order chi connectivity index (χ0) is 15.5. The van der Waals surface area contributed by atoms with Gasteiger partial charge in [-0.1, -0.05) is 30.3 Å². The van der Waals surface area contributed by atoms with Crippen molar-refractivity contribution in [3.05, 3.63) is 65.7 Å². The van der Waals surface area contributed by atoms with Gasteiger partial charge in [-0.15, -0.1) is 12.4 Å². The topological polar surface area (TPSA) is 55.6 Å². The number of nitrogens with two attached hydrogens (primary N) is 1. The van der Waals surface area contributed by atoms with Crippen LogP contribution >= 0.6 is 12.4 Å². The van der Waals surface area contributed by atoms with Gasteiger partial charge < -0.3 is 15.4 Å². The molecule has 2 aromatic rings. The Morgan fingerprint density at radius 2 is 1.74 bits per heavy atom. The highest BCUT2D eigenvalue weighted by Gasteiger charge is 2.34. The Bertz CT molecular complexity index is 646. The summed E-state index contributed by atoms with van der Waals surface area (Å²) in [5.74, 6) is 0.969. The number of benzene rings is 2. The highest BCUT2D eigenvalue weighted by molar-refractivity contribution is 5.94. The average Bonchev–Trinajstić information content (AvgIpc) is 2.97. The molecule has 1 saturated heterocycles. The maximum absolute atomic E-state index is 12.6. The molecule has 4 nitrogen and oxygen atoms in total. The number of rotatable bonds is 3. The first kappa shape index (κ1) is 17.3. The monoisotopic (exact) mass is 332 g/mol. The summed E-state index contributed by atoms with van der Waals surface area (Å²) < 4.78 is 5.12. The molecule has 2 atom stereocenters. The van der Waals surface area contributed by atoms with Crippen LogP contribution in [0.2, 0.25) is 0 Å². The molecule has 0 unspecified atom stereocenters. The molecule has 1 amide bonds. The Morgan fingerprint density at radius 3 is 2.35 bits per heavy atom. The predicted octanol–water partition coefficient (Wildman–Crippen LogP) is 2.68. The Labute approximate surface area is 142 Å². The van der Waals surface area contributed by atoms with Crippen LogP contribution in [0.1, 0.15) is 21.8 Å². The van der Waals surface area contributed by atoms with E-state index in [1.54, 1.807) is 31.4 Å². The minimum Gasteiger partial charge on any atom is -0.497 e. The maximum atomic E-state index is 12.6. The van der Waals surface area contributed by atoms with Gasteiger partial charge in [-0.25, -0.2) is 0 Å². The molecule has 1 heterocycles. The molecule has 0 saturated carbocycles. The highest BCUT2D eigenvalue weighted by Crippen LogP contribution is 2.27. The van der Waals surface area contributed by atoms with Gasteiger partial charge in [-0.05, 0) is 29.8 Å². The molecule has 2 aromatic carbocycles. The highest BCUT2D eigenvalue weighted by atomic mass is 35.5. The summed E-state index contributed by atoms with van der Waals surface area (Å²) in [7, 11) is 1.61. The Morgan fingerprint density at radius 1 is 1.09 bits per heavy atom.